The summed E-state index contributed by atoms with van der Waals surface area (Å²) < 4.78 is 0. The lowest BCUT2D eigenvalue weighted by molar-refractivity contribution is 0.213. The van der Waals surface area contributed by atoms with Crippen LogP contribution in [0.4, 0.5) is 4.79 Å². The summed E-state index contributed by atoms with van der Waals surface area (Å²) in [4.78, 5) is 14.1. The fourth-order valence-electron chi connectivity index (χ4n) is 2.31. The first-order valence-corrected chi connectivity index (χ1v) is 8.19. The molecule has 0 spiro atoms. The average Bonchev–Trinajstić information content (AvgIpc) is 2.39. The smallest absolute Gasteiger partial charge is 0.315 e. The fraction of sp³-hybridized carbons (Fsp3) is 0.923. The summed E-state index contributed by atoms with van der Waals surface area (Å²) in [6, 6.07) is 0.737. The molecule has 18 heavy (non-hydrogen) atoms. The number of nitrogens with one attached hydrogen (secondary N) is 2. The van der Waals surface area contributed by atoms with Gasteiger partial charge in [0.05, 0.1) is 0 Å². The van der Waals surface area contributed by atoms with Crippen LogP contribution < -0.4 is 10.6 Å². The van der Waals surface area contributed by atoms with Gasteiger partial charge < -0.3 is 10.6 Å². The molecule has 2 N–H and O–H groups in total. The van der Waals surface area contributed by atoms with Crippen molar-refractivity contribution in [1.29, 1.82) is 0 Å². The van der Waals surface area contributed by atoms with E-state index in [0.29, 0.717) is 18.6 Å². The van der Waals surface area contributed by atoms with Crippen molar-refractivity contribution in [1.82, 2.24) is 15.5 Å². The standard InChI is InChI=1S/C13H27N3OS/c1-4-16(5-2)11(3)9-14-13(17)15-12-7-6-8-18-10-12/h11-12H,4-10H2,1-3H3,(H2,14,15,17)/t11-,12+/m0/s1. The predicted molar refractivity (Wildman–Crippen MR) is 79.3 cm³/mol. The number of hydrogen-bond acceptors (Lipinski definition) is 3. The van der Waals surface area contributed by atoms with Crippen molar-refractivity contribution < 1.29 is 4.79 Å². The number of hydrogen-bond donors (Lipinski definition) is 2. The first-order valence-electron chi connectivity index (χ1n) is 7.03. The second kappa shape index (κ2) is 8.64. The fourth-order valence-corrected chi connectivity index (χ4v) is 3.38. The number of amides is 2. The molecule has 5 heteroatoms. The molecule has 0 bridgehead atoms. The van der Waals surface area contributed by atoms with Gasteiger partial charge in [0.25, 0.3) is 0 Å². The van der Waals surface area contributed by atoms with Gasteiger partial charge in [0, 0.05) is 24.4 Å². The highest BCUT2D eigenvalue weighted by Crippen LogP contribution is 2.16. The van der Waals surface area contributed by atoms with Gasteiger partial charge in [-0.25, -0.2) is 4.79 Å². The maximum atomic E-state index is 11.8. The summed E-state index contributed by atoms with van der Waals surface area (Å²) in [5.74, 6) is 2.29. The monoisotopic (exact) mass is 273 g/mol. The summed E-state index contributed by atoms with van der Waals surface area (Å²) >= 11 is 1.93. The molecule has 1 rings (SSSR count). The number of thioether (sulfide) groups is 1. The lowest BCUT2D eigenvalue weighted by Crippen LogP contribution is -2.48. The topological polar surface area (TPSA) is 44.4 Å². The lowest BCUT2D eigenvalue weighted by atomic mass is 10.2. The zero-order chi connectivity index (χ0) is 13.4. The van der Waals surface area contributed by atoms with Crippen LogP contribution in [0.2, 0.25) is 0 Å². The second-order valence-corrected chi connectivity index (χ2v) is 5.99. The van der Waals surface area contributed by atoms with Crippen LogP contribution in [0.15, 0.2) is 0 Å². The van der Waals surface area contributed by atoms with Crippen LogP contribution in [0.3, 0.4) is 0 Å². The van der Waals surface area contributed by atoms with E-state index in [-0.39, 0.29) is 6.03 Å². The molecule has 1 aliphatic rings. The third-order valence-corrected chi connectivity index (χ3v) is 4.70. The molecule has 1 saturated heterocycles. The van der Waals surface area contributed by atoms with Crippen LogP contribution in [0.1, 0.15) is 33.6 Å². The Bertz CT molecular complexity index is 240. The third-order valence-electron chi connectivity index (χ3n) is 3.49. The van der Waals surface area contributed by atoms with Crippen LogP contribution in [0.5, 0.6) is 0 Å². The van der Waals surface area contributed by atoms with Crippen LogP contribution in [0.25, 0.3) is 0 Å². The Morgan fingerprint density at radius 1 is 1.44 bits per heavy atom. The van der Waals surface area contributed by atoms with Crippen molar-refractivity contribution in [3.63, 3.8) is 0 Å². The molecule has 1 fully saturated rings. The molecule has 0 radical (unpaired) electrons. The van der Waals surface area contributed by atoms with Gasteiger partial charge in [-0.3, -0.25) is 4.90 Å². The Kier molecular flexibility index (Phi) is 7.51. The number of nitrogens with zero attached hydrogens (tertiary/aromatic N) is 1. The second-order valence-electron chi connectivity index (χ2n) is 4.84. The van der Waals surface area contributed by atoms with E-state index in [0.717, 1.165) is 25.3 Å². The van der Waals surface area contributed by atoms with Crippen LogP contribution in [-0.4, -0.2) is 54.2 Å². The Labute approximate surface area is 115 Å². The van der Waals surface area contributed by atoms with E-state index in [1.165, 1.54) is 12.2 Å². The van der Waals surface area contributed by atoms with E-state index in [1.54, 1.807) is 0 Å². The van der Waals surface area contributed by atoms with Crippen LogP contribution in [-0.2, 0) is 0 Å². The van der Waals surface area contributed by atoms with E-state index in [2.05, 4.69) is 36.3 Å². The summed E-state index contributed by atoms with van der Waals surface area (Å²) in [7, 11) is 0. The molecular weight excluding hydrogens is 246 g/mol. The maximum absolute atomic E-state index is 11.8. The minimum Gasteiger partial charge on any atom is -0.337 e. The molecule has 1 heterocycles. The Hall–Kier alpha value is -0.420. The van der Waals surface area contributed by atoms with Gasteiger partial charge in [0.1, 0.15) is 0 Å². The number of urea groups is 1. The summed E-state index contributed by atoms with van der Waals surface area (Å²) in [6.07, 6.45) is 2.33. The van der Waals surface area contributed by atoms with E-state index in [1.807, 2.05) is 11.8 Å². The molecule has 0 aromatic carbocycles. The summed E-state index contributed by atoms with van der Waals surface area (Å²) in [5.41, 5.74) is 0. The van der Waals surface area contributed by atoms with Gasteiger partial charge in [0.15, 0.2) is 0 Å². The molecular formula is C13H27N3OS. The molecule has 2 atom stereocenters. The number of likely N-dealkylation sites (N-methyl/N-ethyl adjacent to an activating group) is 1. The highest BCUT2D eigenvalue weighted by atomic mass is 32.2. The van der Waals surface area contributed by atoms with Crippen molar-refractivity contribution in [2.75, 3.05) is 31.1 Å². The summed E-state index contributed by atoms with van der Waals surface area (Å²) in [5, 5.41) is 6.04. The van der Waals surface area contributed by atoms with Crippen molar-refractivity contribution in [2.45, 2.75) is 45.7 Å². The van der Waals surface area contributed by atoms with Crippen molar-refractivity contribution in [2.24, 2.45) is 0 Å². The molecule has 1 aliphatic heterocycles. The lowest BCUT2D eigenvalue weighted by Gasteiger charge is -2.27. The Balaban J connectivity index is 2.19. The Morgan fingerprint density at radius 3 is 2.72 bits per heavy atom. The molecule has 2 amide bonds. The quantitative estimate of drug-likeness (QED) is 0.777. The van der Waals surface area contributed by atoms with E-state index in [4.69, 9.17) is 0 Å². The van der Waals surface area contributed by atoms with Gasteiger partial charge in [-0.05, 0) is 38.6 Å². The average molecular weight is 273 g/mol. The maximum Gasteiger partial charge on any atom is 0.315 e. The van der Waals surface area contributed by atoms with Crippen LogP contribution in [0, 0.1) is 0 Å². The third kappa shape index (κ3) is 5.48. The minimum absolute atomic E-state index is 0.0125. The highest BCUT2D eigenvalue weighted by molar-refractivity contribution is 7.99. The van der Waals surface area contributed by atoms with Gasteiger partial charge >= 0.3 is 6.03 Å². The van der Waals surface area contributed by atoms with E-state index in [9.17, 15) is 4.79 Å². The molecule has 106 valence electrons. The molecule has 0 aromatic rings. The zero-order valence-corrected chi connectivity index (χ0v) is 12.7. The number of rotatable bonds is 6. The predicted octanol–water partition coefficient (Wildman–Crippen LogP) is 1.91. The SMILES string of the molecule is CCN(CC)[C@@H](C)CNC(=O)N[C@@H]1CCCSC1. The van der Waals surface area contributed by atoms with Crippen LogP contribution >= 0.6 is 11.8 Å². The minimum atomic E-state index is -0.0125. The van der Waals surface area contributed by atoms with Gasteiger partial charge in [-0.2, -0.15) is 11.8 Å². The largest absolute Gasteiger partial charge is 0.337 e. The molecule has 0 unspecified atom stereocenters. The molecule has 0 saturated carbocycles. The number of carbonyl (C=O) groups excluding carboxylic acids is 1. The summed E-state index contributed by atoms with van der Waals surface area (Å²) in [6.45, 7) is 9.23. The van der Waals surface area contributed by atoms with E-state index >= 15 is 0 Å². The number of carbonyl (C=O) groups is 1. The zero-order valence-electron chi connectivity index (χ0n) is 11.9. The van der Waals surface area contributed by atoms with Gasteiger partial charge in [-0.15, -0.1) is 0 Å². The molecule has 0 aliphatic carbocycles. The van der Waals surface area contributed by atoms with Crippen molar-refractivity contribution in [3.05, 3.63) is 0 Å². The molecule has 0 aromatic heterocycles. The first-order chi connectivity index (χ1) is 8.67. The first kappa shape index (κ1) is 15.6. The normalized spacial score (nSPS) is 21.7. The van der Waals surface area contributed by atoms with Gasteiger partial charge in [-0.1, -0.05) is 13.8 Å². The van der Waals surface area contributed by atoms with E-state index < -0.39 is 0 Å². The molecule has 4 nitrogen and oxygen atoms in total. The van der Waals surface area contributed by atoms with Crippen molar-refractivity contribution >= 4 is 17.8 Å². The van der Waals surface area contributed by atoms with Crippen molar-refractivity contribution in [3.8, 4) is 0 Å². The van der Waals surface area contributed by atoms with Gasteiger partial charge in [0.2, 0.25) is 0 Å². The Morgan fingerprint density at radius 2 is 2.17 bits per heavy atom. The highest BCUT2D eigenvalue weighted by Gasteiger charge is 2.16.